The number of hydrogen-bond acceptors (Lipinski definition) is 9. The molecule has 0 aliphatic carbocycles. The average molecular weight is 533 g/mol. The Kier molecular flexibility index (Phi) is 8.06. The zero-order chi connectivity index (χ0) is 25.9. The van der Waals surface area contributed by atoms with Crippen molar-refractivity contribution >= 4 is 43.8 Å². The van der Waals surface area contributed by atoms with Crippen LogP contribution in [0.3, 0.4) is 0 Å². The second kappa shape index (κ2) is 11.1. The maximum absolute atomic E-state index is 13.3. The van der Waals surface area contributed by atoms with Gasteiger partial charge in [0.2, 0.25) is 5.91 Å². The maximum atomic E-state index is 13.3. The highest BCUT2D eigenvalue weighted by atomic mass is 32.2. The van der Waals surface area contributed by atoms with E-state index in [9.17, 15) is 18.0 Å². The Balaban J connectivity index is 1.45. The molecule has 36 heavy (non-hydrogen) atoms. The summed E-state index contributed by atoms with van der Waals surface area (Å²) in [4.78, 5) is 34.7. The predicted molar refractivity (Wildman–Crippen MR) is 140 cm³/mol. The van der Waals surface area contributed by atoms with Gasteiger partial charge in [-0.15, -0.1) is 11.3 Å². The monoisotopic (exact) mass is 532 g/mol. The van der Waals surface area contributed by atoms with Gasteiger partial charge in [0.15, 0.2) is 20.7 Å². The van der Waals surface area contributed by atoms with Crippen LogP contribution in [-0.2, 0) is 26.0 Å². The maximum Gasteiger partial charge on any atom is 0.278 e. The molecule has 0 saturated carbocycles. The van der Waals surface area contributed by atoms with Gasteiger partial charge in [0.1, 0.15) is 0 Å². The van der Waals surface area contributed by atoms with Crippen molar-refractivity contribution in [1.29, 1.82) is 0 Å². The van der Waals surface area contributed by atoms with Gasteiger partial charge < -0.3 is 4.90 Å². The third-order valence-corrected chi connectivity index (χ3v) is 8.39. The number of thiazole rings is 1. The van der Waals surface area contributed by atoms with E-state index in [1.165, 1.54) is 23.5 Å². The molecular formula is C24H32N6O4S2. The van der Waals surface area contributed by atoms with Gasteiger partial charge in [-0.2, -0.15) is 5.10 Å². The summed E-state index contributed by atoms with van der Waals surface area (Å²) in [6.07, 6.45) is 4.94. The lowest BCUT2D eigenvalue weighted by Crippen LogP contribution is -2.52. The van der Waals surface area contributed by atoms with Crippen LogP contribution >= 0.6 is 11.3 Å². The van der Waals surface area contributed by atoms with E-state index in [1.54, 1.807) is 25.3 Å². The minimum Gasteiger partial charge on any atom is -0.338 e. The van der Waals surface area contributed by atoms with Crippen molar-refractivity contribution in [3.8, 4) is 0 Å². The summed E-state index contributed by atoms with van der Waals surface area (Å²) >= 11 is 1.41. The van der Waals surface area contributed by atoms with Crippen LogP contribution < -0.4 is 5.32 Å². The van der Waals surface area contributed by atoms with Gasteiger partial charge in [-0.1, -0.05) is 12.1 Å². The molecule has 2 aliphatic rings. The molecule has 12 heteroatoms. The van der Waals surface area contributed by atoms with Crippen molar-refractivity contribution in [2.45, 2.75) is 44.2 Å². The summed E-state index contributed by atoms with van der Waals surface area (Å²) in [6, 6.07) is 6.36. The van der Waals surface area contributed by atoms with E-state index >= 15 is 0 Å². The van der Waals surface area contributed by atoms with Gasteiger partial charge in [0.25, 0.3) is 5.91 Å². The molecule has 2 aliphatic heterocycles. The average Bonchev–Trinajstić information content (AvgIpc) is 3.49. The fourth-order valence-electron chi connectivity index (χ4n) is 4.50. The van der Waals surface area contributed by atoms with Crippen molar-refractivity contribution in [3.63, 3.8) is 0 Å². The van der Waals surface area contributed by atoms with E-state index in [4.69, 9.17) is 0 Å². The molecule has 2 aromatic rings. The van der Waals surface area contributed by atoms with Crippen LogP contribution in [0.4, 0.5) is 5.13 Å². The fourth-order valence-corrected chi connectivity index (χ4v) is 5.98. The van der Waals surface area contributed by atoms with Gasteiger partial charge in [0.05, 0.1) is 4.90 Å². The number of nitrogens with one attached hydrogen (secondary N) is 1. The number of sulfone groups is 1. The van der Waals surface area contributed by atoms with Crippen LogP contribution in [0.15, 0.2) is 40.5 Å². The standard InChI is InChI=1S/C24H32N6O4S2/c1-17-15-28(12-13-30(17)18(2)31)16-20-14-25-24(35-20)26-23(32)22(27-29-10-4-5-11-29)19-6-8-21(9-7-19)36(3,33)34/h6-9,14,17H,4-5,10-13,15-16H2,1-3H3,(H,25,26,32)/t17-/m0/s1. The van der Waals surface area contributed by atoms with Gasteiger partial charge in [-0.25, -0.2) is 13.4 Å². The number of piperazine rings is 1. The molecule has 4 rings (SSSR count). The number of anilines is 1. The van der Waals surface area contributed by atoms with Crippen molar-refractivity contribution in [1.82, 2.24) is 19.8 Å². The van der Waals surface area contributed by atoms with E-state index in [2.05, 4.69) is 27.2 Å². The van der Waals surface area contributed by atoms with Crippen molar-refractivity contribution in [2.24, 2.45) is 5.10 Å². The Bertz CT molecular complexity index is 1240. The number of benzene rings is 1. The Morgan fingerprint density at radius 1 is 1.14 bits per heavy atom. The number of amides is 2. The number of hydrogen-bond donors (Lipinski definition) is 1. The number of aromatic nitrogens is 1. The molecule has 1 aromatic heterocycles. The van der Waals surface area contributed by atoms with Crippen LogP contribution in [-0.4, -0.2) is 90.8 Å². The van der Waals surface area contributed by atoms with Crippen molar-refractivity contribution < 1.29 is 18.0 Å². The molecule has 0 unspecified atom stereocenters. The highest BCUT2D eigenvalue weighted by Gasteiger charge is 2.26. The molecular weight excluding hydrogens is 500 g/mol. The number of rotatable bonds is 7. The molecule has 10 nitrogen and oxygen atoms in total. The van der Waals surface area contributed by atoms with Gasteiger partial charge >= 0.3 is 0 Å². The first-order chi connectivity index (χ1) is 17.1. The first-order valence-electron chi connectivity index (χ1n) is 12.0. The summed E-state index contributed by atoms with van der Waals surface area (Å²) in [5, 5.41) is 9.81. The van der Waals surface area contributed by atoms with Gasteiger partial charge in [-0.3, -0.25) is 24.8 Å². The molecule has 0 bridgehead atoms. The summed E-state index contributed by atoms with van der Waals surface area (Å²) in [5.41, 5.74) is 0.767. The third kappa shape index (κ3) is 6.48. The van der Waals surface area contributed by atoms with Gasteiger partial charge in [-0.05, 0) is 31.9 Å². The van der Waals surface area contributed by atoms with Crippen LogP contribution in [0.25, 0.3) is 0 Å². The summed E-state index contributed by atoms with van der Waals surface area (Å²) in [6.45, 7) is 8.18. The van der Waals surface area contributed by atoms with Crippen molar-refractivity contribution in [3.05, 3.63) is 40.9 Å². The Hall–Kier alpha value is -2.83. The van der Waals surface area contributed by atoms with E-state index in [1.807, 2.05) is 9.91 Å². The first-order valence-corrected chi connectivity index (χ1v) is 14.7. The first kappa shape index (κ1) is 26.2. The van der Waals surface area contributed by atoms with Crippen LogP contribution in [0.5, 0.6) is 0 Å². The lowest BCUT2D eigenvalue weighted by molar-refractivity contribution is -0.133. The lowest BCUT2D eigenvalue weighted by Gasteiger charge is -2.39. The largest absolute Gasteiger partial charge is 0.338 e. The Morgan fingerprint density at radius 2 is 1.83 bits per heavy atom. The molecule has 0 spiro atoms. The minimum absolute atomic E-state index is 0.0993. The Morgan fingerprint density at radius 3 is 2.44 bits per heavy atom. The second-order valence-electron chi connectivity index (χ2n) is 9.29. The smallest absolute Gasteiger partial charge is 0.278 e. The highest BCUT2D eigenvalue weighted by Crippen LogP contribution is 2.22. The molecule has 1 N–H and O–H groups in total. The van der Waals surface area contributed by atoms with Crippen LogP contribution in [0.2, 0.25) is 0 Å². The number of carbonyl (C=O) groups excluding carboxylic acids is 2. The molecule has 194 valence electrons. The lowest BCUT2D eigenvalue weighted by atomic mass is 10.1. The quantitative estimate of drug-likeness (QED) is 0.543. The van der Waals surface area contributed by atoms with Crippen molar-refractivity contribution in [2.75, 3.05) is 44.3 Å². The summed E-state index contributed by atoms with van der Waals surface area (Å²) < 4.78 is 23.7. The number of carbonyl (C=O) groups is 2. The van der Waals surface area contributed by atoms with E-state index < -0.39 is 15.7 Å². The molecule has 3 heterocycles. The molecule has 0 radical (unpaired) electrons. The van der Waals surface area contributed by atoms with E-state index in [0.29, 0.717) is 23.8 Å². The number of nitrogens with zero attached hydrogens (tertiary/aromatic N) is 5. The summed E-state index contributed by atoms with van der Waals surface area (Å²) in [5.74, 6) is -0.291. The highest BCUT2D eigenvalue weighted by molar-refractivity contribution is 7.90. The zero-order valence-electron chi connectivity index (χ0n) is 20.8. The fraction of sp³-hybridized carbons (Fsp3) is 0.500. The van der Waals surface area contributed by atoms with E-state index in [0.717, 1.165) is 50.2 Å². The molecule has 2 fully saturated rings. The van der Waals surface area contributed by atoms with Crippen LogP contribution in [0, 0.1) is 0 Å². The van der Waals surface area contributed by atoms with Gasteiger partial charge in [0, 0.05) is 75.1 Å². The normalized spacial score (nSPS) is 19.5. The zero-order valence-corrected chi connectivity index (χ0v) is 22.4. The molecule has 1 aromatic carbocycles. The minimum atomic E-state index is -3.34. The topological polar surface area (TPSA) is 115 Å². The predicted octanol–water partition coefficient (Wildman–Crippen LogP) is 2.04. The molecule has 2 saturated heterocycles. The summed E-state index contributed by atoms with van der Waals surface area (Å²) in [7, 11) is -3.34. The Labute approximate surface area is 215 Å². The molecule has 1 atom stereocenters. The SMILES string of the molecule is CC(=O)N1CCN(Cc2cnc(NC(=O)C(=NN3CCCC3)c3ccc(S(C)(=O)=O)cc3)s2)C[C@@H]1C. The number of hydrazone groups is 1. The van der Waals surface area contributed by atoms with Crippen LogP contribution in [0.1, 0.15) is 37.1 Å². The molecule has 2 amide bonds. The van der Waals surface area contributed by atoms with E-state index in [-0.39, 0.29) is 22.6 Å². The third-order valence-electron chi connectivity index (χ3n) is 6.36. The second-order valence-corrected chi connectivity index (χ2v) is 12.4.